The summed E-state index contributed by atoms with van der Waals surface area (Å²) in [6, 6.07) is 1.51. The highest BCUT2D eigenvalue weighted by Gasteiger charge is 2.45. The minimum absolute atomic E-state index is 0.174. The predicted octanol–water partition coefficient (Wildman–Crippen LogP) is 1.15. The molecule has 1 fully saturated rings. The average molecular weight is 196 g/mol. The molecule has 0 aliphatic heterocycles. The van der Waals surface area contributed by atoms with Crippen LogP contribution in [0.15, 0.2) is 10.6 Å². The van der Waals surface area contributed by atoms with Crippen molar-refractivity contribution >= 4 is 11.9 Å². The summed E-state index contributed by atoms with van der Waals surface area (Å²) in [6.45, 7) is 0. The van der Waals surface area contributed by atoms with Crippen LogP contribution in [-0.2, 0) is 10.2 Å². The van der Waals surface area contributed by atoms with Gasteiger partial charge in [-0.1, -0.05) is 18.0 Å². The second-order valence-corrected chi connectivity index (χ2v) is 3.71. The molecular weight excluding hydrogens is 184 g/mol. The number of aromatic nitrogens is 1. The molecule has 1 heterocycles. The largest absolute Gasteiger partial charge is 0.481 e. The molecule has 0 spiro atoms. The van der Waals surface area contributed by atoms with Crippen LogP contribution in [0.3, 0.4) is 0 Å². The third-order valence-electron chi connectivity index (χ3n) is 2.89. The molecule has 14 heavy (non-hydrogen) atoms. The van der Waals surface area contributed by atoms with Crippen molar-refractivity contribution in [3.63, 3.8) is 0 Å². The van der Waals surface area contributed by atoms with Crippen LogP contribution in [0.5, 0.6) is 0 Å². The second kappa shape index (κ2) is 3.01. The summed E-state index contributed by atoms with van der Waals surface area (Å²) < 4.78 is 4.72. The molecule has 0 amide bonds. The average Bonchev–Trinajstić information content (AvgIpc) is 2.71. The molecule has 3 N–H and O–H groups in total. The first-order chi connectivity index (χ1) is 6.65. The van der Waals surface area contributed by atoms with E-state index in [9.17, 15) is 9.90 Å². The second-order valence-electron chi connectivity index (χ2n) is 3.71. The number of hydrogen-bond acceptors (Lipinski definition) is 4. The van der Waals surface area contributed by atoms with Gasteiger partial charge in [-0.2, -0.15) is 0 Å². The Labute approximate surface area is 80.9 Å². The maximum Gasteiger partial charge on any atom is 0.315 e. The highest BCUT2D eigenvalue weighted by molar-refractivity contribution is 5.81. The maximum atomic E-state index is 11.2. The van der Waals surface area contributed by atoms with Gasteiger partial charge in [-0.15, -0.1) is 0 Å². The van der Waals surface area contributed by atoms with Gasteiger partial charge >= 0.3 is 5.97 Å². The fourth-order valence-electron chi connectivity index (χ4n) is 2.07. The fraction of sp³-hybridized carbons (Fsp3) is 0.556. The topological polar surface area (TPSA) is 89.4 Å². The van der Waals surface area contributed by atoms with E-state index in [0.29, 0.717) is 18.5 Å². The van der Waals surface area contributed by atoms with E-state index in [0.717, 1.165) is 12.8 Å². The fourth-order valence-corrected chi connectivity index (χ4v) is 2.07. The SMILES string of the molecule is Nc1cc(C2(C(=O)O)CCCC2)no1. The van der Waals surface area contributed by atoms with Crippen molar-refractivity contribution in [2.24, 2.45) is 0 Å². The molecule has 1 aliphatic rings. The Morgan fingerprint density at radius 2 is 2.21 bits per heavy atom. The number of rotatable bonds is 2. The van der Waals surface area contributed by atoms with Gasteiger partial charge in [0, 0.05) is 6.07 Å². The van der Waals surface area contributed by atoms with Gasteiger partial charge < -0.3 is 15.4 Å². The number of hydrogen-bond donors (Lipinski definition) is 2. The van der Waals surface area contributed by atoms with E-state index >= 15 is 0 Å². The Kier molecular flexibility index (Phi) is 1.94. The first-order valence-corrected chi connectivity index (χ1v) is 4.61. The minimum Gasteiger partial charge on any atom is -0.481 e. The number of nitrogens with two attached hydrogens (primary N) is 1. The number of nitrogen functional groups attached to an aromatic ring is 1. The molecule has 5 heteroatoms. The van der Waals surface area contributed by atoms with Crippen molar-refractivity contribution in [3.05, 3.63) is 11.8 Å². The van der Waals surface area contributed by atoms with Crippen molar-refractivity contribution in [1.82, 2.24) is 5.16 Å². The third-order valence-corrected chi connectivity index (χ3v) is 2.89. The van der Waals surface area contributed by atoms with E-state index < -0.39 is 11.4 Å². The summed E-state index contributed by atoms with van der Waals surface area (Å²) in [4.78, 5) is 11.2. The first-order valence-electron chi connectivity index (χ1n) is 4.61. The Bertz CT molecular complexity index is 353. The third kappa shape index (κ3) is 1.16. The van der Waals surface area contributed by atoms with E-state index in [1.165, 1.54) is 6.07 Å². The van der Waals surface area contributed by atoms with Crippen LogP contribution in [0.25, 0.3) is 0 Å². The van der Waals surface area contributed by atoms with Crippen LogP contribution in [0.4, 0.5) is 5.88 Å². The lowest BCUT2D eigenvalue weighted by Crippen LogP contribution is -2.32. The normalized spacial score (nSPS) is 19.7. The zero-order valence-corrected chi connectivity index (χ0v) is 7.69. The van der Waals surface area contributed by atoms with Crippen molar-refractivity contribution in [1.29, 1.82) is 0 Å². The van der Waals surface area contributed by atoms with Gasteiger partial charge in [-0.05, 0) is 12.8 Å². The van der Waals surface area contributed by atoms with Gasteiger partial charge in [0.15, 0.2) is 0 Å². The maximum absolute atomic E-state index is 11.2. The van der Waals surface area contributed by atoms with Crippen molar-refractivity contribution < 1.29 is 14.4 Å². The van der Waals surface area contributed by atoms with Crippen LogP contribution in [0.1, 0.15) is 31.4 Å². The highest BCUT2D eigenvalue weighted by Crippen LogP contribution is 2.41. The molecule has 0 atom stereocenters. The highest BCUT2D eigenvalue weighted by atomic mass is 16.5. The van der Waals surface area contributed by atoms with E-state index in [1.807, 2.05) is 0 Å². The molecule has 0 saturated heterocycles. The van der Waals surface area contributed by atoms with Crippen molar-refractivity contribution in [2.75, 3.05) is 5.73 Å². The van der Waals surface area contributed by atoms with Crippen LogP contribution in [0.2, 0.25) is 0 Å². The van der Waals surface area contributed by atoms with E-state index in [1.54, 1.807) is 0 Å². The molecule has 1 aromatic rings. The number of anilines is 1. The first kappa shape index (κ1) is 9.05. The quantitative estimate of drug-likeness (QED) is 0.740. The monoisotopic (exact) mass is 196 g/mol. The van der Waals surface area contributed by atoms with Gasteiger partial charge in [-0.3, -0.25) is 4.79 Å². The van der Waals surface area contributed by atoms with E-state index in [2.05, 4.69) is 5.16 Å². The number of carbonyl (C=O) groups is 1. The van der Waals surface area contributed by atoms with Crippen LogP contribution >= 0.6 is 0 Å². The number of carboxylic acid groups (broad SMARTS) is 1. The minimum atomic E-state index is -0.860. The smallest absolute Gasteiger partial charge is 0.315 e. The lowest BCUT2D eigenvalue weighted by molar-refractivity contribution is -0.143. The van der Waals surface area contributed by atoms with Gasteiger partial charge in [0.05, 0.1) is 0 Å². The zero-order chi connectivity index (χ0) is 10.2. The predicted molar refractivity (Wildman–Crippen MR) is 48.7 cm³/mol. The molecule has 0 aromatic carbocycles. The molecule has 1 aromatic heterocycles. The lowest BCUT2D eigenvalue weighted by atomic mass is 9.83. The molecule has 5 nitrogen and oxygen atoms in total. The molecular formula is C9H12N2O3. The number of carboxylic acids is 1. The van der Waals surface area contributed by atoms with Crippen molar-refractivity contribution in [3.8, 4) is 0 Å². The van der Waals surface area contributed by atoms with Gasteiger partial charge in [0.1, 0.15) is 11.1 Å². The number of nitrogens with zero attached hydrogens (tertiary/aromatic N) is 1. The summed E-state index contributed by atoms with van der Waals surface area (Å²) in [7, 11) is 0. The molecule has 76 valence electrons. The van der Waals surface area contributed by atoms with E-state index in [4.69, 9.17) is 10.3 Å². The summed E-state index contributed by atoms with van der Waals surface area (Å²) in [6.07, 6.45) is 3.07. The van der Waals surface area contributed by atoms with Gasteiger partial charge in [0.25, 0.3) is 0 Å². The molecule has 1 saturated carbocycles. The molecule has 0 unspecified atom stereocenters. The standard InChI is InChI=1S/C9H12N2O3/c10-7-5-6(11-14-7)9(8(12)13)3-1-2-4-9/h5H,1-4,10H2,(H,12,13). The van der Waals surface area contributed by atoms with Crippen LogP contribution in [-0.4, -0.2) is 16.2 Å². The summed E-state index contributed by atoms with van der Waals surface area (Å²) >= 11 is 0. The summed E-state index contributed by atoms with van der Waals surface area (Å²) in [5, 5.41) is 12.9. The number of aliphatic carboxylic acids is 1. The molecule has 0 radical (unpaired) electrons. The molecule has 0 bridgehead atoms. The molecule has 2 rings (SSSR count). The van der Waals surface area contributed by atoms with Crippen LogP contribution < -0.4 is 5.73 Å². The summed E-state index contributed by atoms with van der Waals surface area (Å²) in [5.74, 6) is -0.657. The summed E-state index contributed by atoms with van der Waals surface area (Å²) in [5.41, 5.74) is 4.98. The van der Waals surface area contributed by atoms with E-state index in [-0.39, 0.29) is 5.88 Å². The Morgan fingerprint density at radius 3 is 2.64 bits per heavy atom. The Morgan fingerprint density at radius 1 is 1.57 bits per heavy atom. The molecule has 1 aliphatic carbocycles. The van der Waals surface area contributed by atoms with Crippen molar-refractivity contribution in [2.45, 2.75) is 31.1 Å². The Hall–Kier alpha value is -1.52. The Balaban J connectivity index is 2.41. The van der Waals surface area contributed by atoms with Gasteiger partial charge in [0.2, 0.25) is 5.88 Å². The zero-order valence-electron chi connectivity index (χ0n) is 7.69. The van der Waals surface area contributed by atoms with Crippen LogP contribution in [0, 0.1) is 0 Å². The van der Waals surface area contributed by atoms with Gasteiger partial charge in [-0.25, -0.2) is 0 Å². The lowest BCUT2D eigenvalue weighted by Gasteiger charge is -2.19.